The Hall–Kier alpha value is -1.46. The number of hydrogen-bond acceptors (Lipinski definition) is 5. The molecule has 2 rings (SSSR count). The summed E-state index contributed by atoms with van der Waals surface area (Å²) in [6.07, 6.45) is 5.77. The molecule has 2 aromatic heterocycles. The van der Waals surface area contributed by atoms with Crippen LogP contribution in [0, 0.1) is 6.92 Å². The predicted octanol–water partition coefficient (Wildman–Crippen LogP) is 3.72. The van der Waals surface area contributed by atoms with Gasteiger partial charge in [-0.1, -0.05) is 13.8 Å². The van der Waals surface area contributed by atoms with Crippen LogP contribution in [0.5, 0.6) is 5.75 Å². The lowest BCUT2D eigenvalue weighted by Crippen LogP contribution is -2.23. The molecule has 0 spiro atoms. The number of thiazole rings is 1. The Balaban J connectivity index is 2.26. The minimum absolute atomic E-state index is 0.134. The molecule has 0 aliphatic carbocycles. The van der Waals surface area contributed by atoms with Crippen molar-refractivity contribution in [2.24, 2.45) is 0 Å². The van der Waals surface area contributed by atoms with Gasteiger partial charge in [0.15, 0.2) is 0 Å². The van der Waals surface area contributed by atoms with Crippen molar-refractivity contribution in [2.45, 2.75) is 39.7 Å². The molecule has 0 bridgehead atoms. The van der Waals surface area contributed by atoms with Gasteiger partial charge in [-0.05, 0) is 37.9 Å². The molecule has 0 amide bonds. The van der Waals surface area contributed by atoms with Crippen molar-refractivity contribution >= 4 is 11.3 Å². The van der Waals surface area contributed by atoms with Gasteiger partial charge in [-0.15, -0.1) is 11.3 Å². The maximum atomic E-state index is 5.70. The fraction of sp³-hybridized carbons (Fsp3) is 0.500. The van der Waals surface area contributed by atoms with Crippen molar-refractivity contribution in [2.75, 3.05) is 13.2 Å². The highest BCUT2D eigenvalue weighted by molar-refractivity contribution is 7.09. The zero-order valence-electron chi connectivity index (χ0n) is 12.9. The second kappa shape index (κ2) is 8.10. The first-order valence-electron chi connectivity index (χ1n) is 7.47. The van der Waals surface area contributed by atoms with Crippen LogP contribution < -0.4 is 10.1 Å². The first-order chi connectivity index (χ1) is 10.3. The Morgan fingerprint density at radius 1 is 1.29 bits per heavy atom. The lowest BCUT2D eigenvalue weighted by atomic mass is 10.1. The van der Waals surface area contributed by atoms with E-state index in [0.29, 0.717) is 0 Å². The second-order valence-electron chi connectivity index (χ2n) is 4.99. The Morgan fingerprint density at radius 2 is 2.14 bits per heavy atom. The van der Waals surface area contributed by atoms with Crippen molar-refractivity contribution < 1.29 is 4.74 Å². The van der Waals surface area contributed by atoms with E-state index < -0.39 is 0 Å². The minimum Gasteiger partial charge on any atom is -0.492 e. The van der Waals surface area contributed by atoms with Crippen LogP contribution in [0.15, 0.2) is 24.0 Å². The van der Waals surface area contributed by atoms with Gasteiger partial charge in [-0.2, -0.15) is 0 Å². The molecule has 2 heterocycles. The van der Waals surface area contributed by atoms with Gasteiger partial charge in [-0.25, -0.2) is 4.98 Å². The Labute approximate surface area is 130 Å². The number of nitrogens with one attached hydrogen (secondary N) is 1. The quantitative estimate of drug-likeness (QED) is 0.807. The summed E-state index contributed by atoms with van der Waals surface area (Å²) in [4.78, 5) is 9.94. The molecule has 0 radical (unpaired) electrons. The van der Waals surface area contributed by atoms with Crippen LogP contribution >= 0.6 is 11.3 Å². The van der Waals surface area contributed by atoms with Crippen LogP contribution in [0.3, 0.4) is 0 Å². The van der Waals surface area contributed by atoms with Gasteiger partial charge in [-0.3, -0.25) is 4.98 Å². The summed E-state index contributed by atoms with van der Waals surface area (Å²) >= 11 is 1.68. The van der Waals surface area contributed by atoms with Crippen LogP contribution in [0.1, 0.15) is 48.9 Å². The topological polar surface area (TPSA) is 47.0 Å². The van der Waals surface area contributed by atoms with Crippen molar-refractivity contribution in [3.8, 4) is 5.75 Å². The highest BCUT2D eigenvalue weighted by Crippen LogP contribution is 2.29. The van der Waals surface area contributed by atoms with E-state index in [-0.39, 0.29) is 6.04 Å². The molecule has 0 aliphatic heterocycles. The predicted molar refractivity (Wildman–Crippen MR) is 87.0 cm³/mol. The SMILES string of the molecule is CCCNC(c1cncc(OCCC)c1)c1scnc1C. The molecule has 2 aromatic rings. The molecule has 0 saturated heterocycles. The van der Waals surface area contributed by atoms with E-state index in [0.717, 1.165) is 43.0 Å². The maximum absolute atomic E-state index is 5.70. The van der Waals surface area contributed by atoms with Crippen molar-refractivity contribution in [3.05, 3.63) is 40.1 Å². The van der Waals surface area contributed by atoms with E-state index in [1.807, 2.05) is 11.7 Å². The van der Waals surface area contributed by atoms with E-state index in [2.05, 4.69) is 42.1 Å². The summed E-state index contributed by atoms with van der Waals surface area (Å²) in [6.45, 7) is 8.00. The number of hydrogen-bond donors (Lipinski definition) is 1. The van der Waals surface area contributed by atoms with Gasteiger partial charge < -0.3 is 10.1 Å². The van der Waals surface area contributed by atoms with Crippen LogP contribution in [0.2, 0.25) is 0 Å². The number of ether oxygens (including phenoxy) is 1. The van der Waals surface area contributed by atoms with Gasteiger partial charge in [0.1, 0.15) is 5.75 Å². The number of pyridine rings is 1. The zero-order valence-corrected chi connectivity index (χ0v) is 13.7. The molecular weight excluding hydrogens is 282 g/mol. The van der Waals surface area contributed by atoms with Crippen molar-refractivity contribution in [1.29, 1.82) is 0 Å². The lowest BCUT2D eigenvalue weighted by molar-refractivity contribution is 0.315. The van der Waals surface area contributed by atoms with Crippen LogP contribution in [0.25, 0.3) is 0 Å². The third kappa shape index (κ3) is 4.25. The molecule has 1 N–H and O–H groups in total. The normalized spacial score (nSPS) is 12.3. The summed E-state index contributed by atoms with van der Waals surface area (Å²) in [5, 5.41) is 3.59. The lowest BCUT2D eigenvalue weighted by Gasteiger charge is -2.18. The van der Waals surface area contributed by atoms with E-state index in [9.17, 15) is 0 Å². The van der Waals surface area contributed by atoms with E-state index in [1.54, 1.807) is 17.5 Å². The van der Waals surface area contributed by atoms with Gasteiger partial charge in [0.2, 0.25) is 0 Å². The van der Waals surface area contributed by atoms with Gasteiger partial charge in [0, 0.05) is 11.1 Å². The van der Waals surface area contributed by atoms with Crippen LogP contribution in [-0.2, 0) is 0 Å². The second-order valence-corrected chi connectivity index (χ2v) is 5.88. The van der Waals surface area contributed by atoms with Crippen LogP contribution in [0.4, 0.5) is 0 Å². The standard InChI is InChI=1S/C16H23N3OS/c1-4-6-18-15(16-12(3)19-11-21-16)13-8-14(10-17-9-13)20-7-5-2/h8-11,15,18H,4-7H2,1-3H3. The van der Waals surface area contributed by atoms with Gasteiger partial charge >= 0.3 is 0 Å². The molecule has 4 nitrogen and oxygen atoms in total. The fourth-order valence-electron chi connectivity index (χ4n) is 2.13. The molecule has 0 aromatic carbocycles. The smallest absolute Gasteiger partial charge is 0.137 e. The molecular formula is C16H23N3OS. The monoisotopic (exact) mass is 305 g/mol. The molecule has 1 atom stereocenters. The third-order valence-corrected chi connectivity index (χ3v) is 4.18. The average molecular weight is 305 g/mol. The molecule has 5 heteroatoms. The Bertz CT molecular complexity index is 556. The summed E-state index contributed by atoms with van der Waals surface area (Å²) in [5.41, 5.74) is 4.11. The third-order valence-electron chi connectivity index (χ3n) is 3.18. The Morgan fingerprint density at radius 3 is 2.81 bits per heavy atom. The number of aryl methyl sites for hydroxylation is 1. The highest BCUT2D eigenvalue weighted by Gasteiger charge is 2.18. The van der Waals surface area contributed by atoms with Gasteiger partial charge in [0.05, 0.1) is 30.1 Å². The molecule has 21 heavy (non-hydrogen) atoms. The molecule has 114 valence electrons. The molecule has 0 fully saturated rings. The van der Waals surface area contributed by atoms with E-state index in [1.165, 1.54) is 4.88 Å². The summed E-state index contributed by atoms with van der Waals surface area (Å²) in [6, 6.07) is 2.21. The first-order valence-corrected chi connectivity index (χ1v) is 8.35. The summed E-state index contributed by atoms with van der Waals surface area (Å²) in [7, 11) is 0. The van der Waals surface area contributed by atoms with Crippen molar-refractivity contribution in [3.63, 3.8) is 0 Å². The number of nitrogens with zero attached hydrogens (tertiary/aromatic N) is 2. The fourth-order valence-corrected chi connectivity index (χ4v) is 3.03. The van der Waals surface area contributed by atoms with E-state index in [4.69, 9.17) is 4.74 Å². The molecule has 0 aliphatic rings. The minimum atomic E-state index is 0.134. The summed E-state index contributed by atoms with van der Waals surface area (Å²) < 4.78 is 5.70. The first kappa shape index (κ1) is 15.9. The largest absolute Gasteiger partial charge is 0.492 e. The molecule has 1 unspecified atom stereocenters. The zero-order chi connectivity index (χ0) is 15.1. The van der Waals surface area contributed by atoms with Crippen LogP contribution in [-0.4, -0.2) is 23.1 Å². The Kier molecular flexibility index (Phi) is 6.14. The average Bonchev–Trinajstić information content (AvgIpc) is 2.92. The summed E-state index contributed by atoms with van der Waals surface area (Å²) in [5.74, 6) is 0.833. The molecule has 0 saturated carbocycles. The highest BCUT2D eigenvalue weighted by atomic mass is 32.1. The van der Waals surface area contributed by atoms with Crippen molar-refractivity contribution in [1.82, 2.24) is 15.3 Å². The number of aromatic nitrogens is 2. The van der Waals surface area contributed by atoms with Gasteiger partial charge in [0.25, 0.3) is 0 Å². The maximum Gasteiger partial charge on any atom is 0.137 e. The number of rotatable bonds is 8. The van der Waals surface area contributed by atoms with E-state index >= 15 is 0 Å².